The second kappa shape index (κ2) is 9.53. The molecule has 0 spiro atoms. The molecule has 6 heteroatoms. The van der Waals surface area contributed by atoms with Gasteiger partial charge in [-0.25, -0.2) is 0 Å². The topological polar surface area (TPSA) is 78.5 Å². The van der Waals surface area contributed by atoms with E-state index in [2.05, 4.69) is 24.5 Å². The van der Waals surface area contributed by atoms with Gasteiger partial charge in [0, 0.05) is 36.8 Å². The maximum Gasteiger partial charge on any atom is 0.253 e. The van der Waals surface area contributed by atoms with Gasteiger partial charge in [-0.05, 0) is 37.0 Å². The largest absolute Gasteiger partial charge is 0.356 e. The van der Waals surface area contributed by atoms with Gasteiger partial charge in [-0.15, -0.1) is 0 Å². The van der Waals surface area contributed by atoms with E-state index in [0.717, 1.165) is 12.8 Å². The van der Waals surface area contributed by atoms with Crippen molar-refractivity contribution < 1.29 is 14.4 Å². The summed E-state index contributed by atoms with van der Waals surface area (Å²) >= 11 is 0. The quantitative estimate of drug-likeness (QED) is 0.805. The molecule has 0 radical (unpaired) electrons. The highest BCUT2D eigenvalue weighted by molar-refractivity contribution is 5.97. The number of amides is 3. The molecule has 1 aliphatic rings. The first-order valence-corrected chi connectivity index (χ1v) is 9.75. The molecule has 1 aliphatic heterocycles. The standard InChI is InChI=1S/C21H31N3O3/c1-14(2)12-22-20(26)17-8-6-10-24(13-17)21(27)16-7-5-9-18(11-16)23-19(25)15(3)4/h5,7,9,11,14-15,17H,6,8,10,12-13H2,1-4H3,(H,22,26)(H,23,25)/t17-/m0/s1. The maximum atomic E-state index is 12.9. The van der Waals surface area contributed by atoms with Crippen LogP contribution in [-0.4, -0.2) is 42.3 Å². The Kier molecular flexibility index (Phi) is 7.39. The Morgan fingerprint density at radius 2 is 1.93 bits per heavy atom. The smallest absolute Gasteiger partial charge is 0.253 e. The Morgan fingerprint density at radius 1 is 1.19 bits per heavy atom. The van der Waals surface area contributed by atoms with E-state index in [1.807, 2.05) is 13.8 Å². The number of carbonyl (C=O) groups is 3. The van der Waals surface area contributed by atoms with E-state index in [1.165, 1.54) is 0 Å². The van der Waals surface area contributed by atoms with E-state index in [4.69, 9.17) is 0 Å². The molecule has 1 aromatic carbocycles. The van der Waals surface area contributed by atoms with Crippen LogP contribution in [0.4, 0.5) is 5.69 Å². The molecule has 0 aromatic heterocycles. The SMILES string of the molecule is CC(C)CNC(=O)[C@H]1CCCN(C(=O)c2cccc(NC(=O)C(C)C)c2)C1. The van der Waals surface area contributed by atoms with Gasteiger partial charge < -0.3 is 15.5 Å². The van der Waals surface area contributed by atoms with Crippen LogP contribution in [0.3, 0.4) is 0 Å². The van der Waals surface area contributed by atoms with Crippen LogP contribution >= 0.6 is 0 Å². The Hall–Kier alpha value is -2.37. The minimum absolute atomic E-state index is 0.0270. The van der Waals surface area contributed by atoms with Gasteiger partial charge in [-0.1, -0.05) is 33.8 Å². The highest BCUT2D eigenvalue weighted by atomic mass is 16.2. The van der Waals surface area contributed by atoms with Crippen LogP contribution in [0, 0.1) is 17.8 Å². The number of nitrogens with zero attached hydrogens (tertiary/aromatic N) is 1. The summed E-state index contributed by atoms with van der Waals surface area (Å²) in [6.45, 7) is 9.50. The second-order valence-electron chi connectivity index (χ2n) is 7.95. The molecule has 6 nitrogen and oxygen atoms in total. The fourth-order valence-corrected chi connectivity index (χ4v) is 3.02. The summed E-state index contributed by atoms with van der Waals surface area (Å²) in [5.41, 5.74) is 1.14. The summed E-state index contributed by atoms with van der Waals surface area (Å²) in [4.78, 5) is 38.9. The van der Waals surface area contributed by atoms with Crippen LogP contribution in [-0.2, 0) is 9.59 Å². The van der Waals surface area contributed by atoms with Gasteiger partial charge in [0.1, 0.15) is 0 Å². The summed E-state index contributed by atoms with van der Waals surface area (Å²) in [5.74, 6) is -0.0449. The first-order valence-electron chi connectivity index (χ1n) is 9.75. The zero-order valence-electron chi connectivity index (χ0n) is 16.7. The number of likely N-dealkylation sites (tertiary alicyclic amines) is 1. The number of nitrogens with one attached hydrogen (secondary N) is 2. The number of anilines is 1. The summed E-state index contributed by atoms with van der Waals surface area (Å²) in [7, 11) is 0. The van der Waals surface area contributed by atoms with Crippen LogP contribution in [0.25, 0.3) is 0 Å². The molecule has 0 bridgehead atoms. The lowest BCUT2D eigenvalue weighted by Gasteiger charge is -2.32. The Morgan fingerprint density at radius 3 is 2.59 bits per heavy atom. The zero-order valence-corrected chi connectivity index (χ0v) is 16.7. The molecule has 1 saturated heterocycles. The van der Waals surface area contributed by atoms with Gasteiger partial charge in [0.2, 0.25) is 11.8 Å². The molecular formula is C21H31N3O3. The first kappa shape index (κ1) is 20.9. The minimum atomic E-state index is -0.162. The average Bonchev–Trinajstić information content (AvgIpc) is 2.65. The molecule has 1 atom stereocenters. The van der Waals surface area contributed by atoms with E-state index in [0.29, 0.717) is 36.8 Å². The normalized spacial score (nSPS) is 17.1. The lowest BCUT2D eigenvalue weighted by molar-refractivity contribution is -0.126. The Labute approximate surface area is 161 Å². The fraction of sp³-hybridized carbons (Fsp3) is 0.571. The first-order chi connectivity index (χ1) is 12.8. The van der Waals surface area contributed by atoms with Crippen molar-refractivity contribution in [3.8, 4) is 0 Å². The predicted molar refractivity (Wildman–Crippen MR) is 106 cm³/mol. The lowest BCUT2D eigenvalue weighted by Crippen LogP contribution is -2.46. The molecule has 0 saturated carbocycles. The minimum Gasteiger partial charge on any atom is -0.356 e. The van der Waals surface area contributed by atoms with Crippen molar-refractivity contribution in [3.05, 3.63) is 29.8 Å². The highest BCUT2D eigenvalue weighted by Crippen LogP contribution is 2.20. The maximum absolute atomic E-state index is 12.9. The van der Waals surface area contributed by atoms with E-state index >= 15 is 0 Å². The molecule has 3 amide bonds. The predicted octanol–water partition coefficient (Wildman–Crippen LogP) is 2.91. The molecule has 0 unspecified atom stereocenters. The number of piperidine rings is 1. The Balaban J connectivity index is 2.02. The van der Waals surface area contributed by atoms with Gasteiger partial charge in [-0.3, -0.25) is 14.4 Å². The van der Waals surface area contributed by atoms with Crippen molar-refractivity contribution in [1.29, 1.82) is 0 Å². The molecule has 1 aromatic rings. The molecule has 27 heavy (non-hydrogen) atoms. The molecule has 148 valence electrons. The molecular weight excluding hydrogens is 342 g/mol. The van der Waals surface area contributed by atoms with Crippen LogP contribution < -0.4 is 10.6 Å². The van der Waals surface area contributed by atoms with Gasteiger partial charge in [0.25, 0.3) is 5.91 Å². The zero-order chi connectivity index (χ0) is 20.0. The van der Waals surface area contributed by atoms with Crippen molar-refractivity contribution in [2.45, 2.75) is 40.5 Å². The lowest BCUT2D eigenvalue weighted by atomic mass is 9.96. The molecule has 2 rings (SSSR count). The molecule has 2 N–H and O–H groups in total. The van der Waals surface area contributed by atoms with Crippen molar-refractivity contribution in [1.82, 2.24) is 10.2 Å². The number of rotatable bonds is 6. The van der Waals surface area contributed by atoms with Crippen molar-refractivity contribution >= 4 is 23.4 Å². The van der Waals surface area contributed by atoms with E-state index in [1.54, 1.807) is 29.2 Å². The molecule has 0 aliphatic carbocycles. The summed E-state index contributed by atoms with van der Waals surface area (Å²) < 4.78 is 0. The summed E-state index contributed by atoms with van der Waals surface area (Å²) in [6, 6.07) is 6.98. The average molecular weight is 373 g/mol. The van der Waals surface area contributed by atoms with Crippen LogP contribution in [0.2, 0.25) is 0 Å². The third kappa shape index (κ3) is 6.08. The van der Waals surface area contributed by atoms with Gasteiger partial charge in [0.05, 0.1) is 5.92 Å². The van der Waals surface area contributed by atoms with Gasteiger partial charge >= 0.3 is 0 Å². The number of benzene rings is 1. The third-order valence-corrected chi connectivity index (χ3v) is 4.67. The number of carbonyl (C=O) groups excluding carboxylic acids is 3. The van der Waals surface area contributed by atoms with E-state index < -0.39 is 0 Å². The second-order valence-corrected chi connectivity index (χ2v) is 7.95. The van der Waals surface area contributed by atoms with Crippen LogP contribution in [0.5, 0.6) is 0 Å². The number of hydrogen-bond acceptors (Lipinski definition) is 3. The highest BCUT2D eigenvalue weighted by Gasteiger charge is 2.29. The number of hydrogen-bond donors (Lipinski definition) is 2. The van der Waals surface area contributed by atoms with Crippen molar-refractivity contribution in [2.24, 2.45) is 17.8 Å². The third-order valence-electron chi connectivity index (χ3n) is 4.67. The molecule has 1 heterocycles. The summed E-state index contributed by atoms with van der Waals surface area (Å²) in [5, 5.41) is 5.79. The van der Waals surface area contributed by atoms with Crippen LogP contribution in [0.15, 0.2) is 24.3 Å². The van der Waals surface area contributed by atoms with Crippen molar-refractivity contribution in [2.75, 3.05) is 25.0 Å². The monoisotopic (exact) mass is 373 g/mol. The van der Waals surface area contributed by atoms with Gasteiger partial charge in [-0.2, -0.15) is 0 Å². The fourth-order valence-electron chi connectivity index (χ4n) is 3.02. The van der Waals surface area contributed by atoms with E-state index in [9.17, 15) is 14.4 Å². The van der Waals surface area contributed by atoms with Gasteiger partial charge in [0.15, 0.2) is 0 Å². The summed E-state index contributed by atoms with van der Waals surface area (Å²) in [6.07, 6.45) is 1.62. The Bertz CT molecular complexity index is 685. The van der Waals surface area contributed by atoms with E-state index in [-0.39, 0.29) is 29.6 Å². The molecule has 1 fully saturated rings. The van der Waals surface area contributed by atoms with Crippen molar-refractivity contribution in [3.63, 3.8) is 0 Å². The van der Waals surface area contributed by atoms with Crippen LogP contribution in [0.1, 0.15) is 50.9 Å².